The van der Waals surface area contributed by atoms with Crippen molar-refractivity contribution in [2.75, 3.05) is 13.2 Å². The summed E-state index contributed by atoms with van der Waals surface area (Å²) in [4.78, 5) is 19.6. The second-order valence-corrected chi connectivity index (χ2v) is 6.90. The lowest BCUT2D eigenvalue weighted by atomic mass is 9.82. The van der Waals surface area contributed by atoms with Gasteiger partial charge in [0.05, 0.1) is 13.2 Å². The van der Waals surface area contributed by atoms with Gasteiger partial charge in [-0.05, 0) is 18.4 Å². The normalized spacial score (nSPS) is 27.1. The summed E-state index contributed by atoms with van der Waals surface area (Å²) in [6.07, 6.45) is 5.24. The molecule has 5 nitrogen and oxygen atoms in total. The number of carbonyl (C=O) groups is 1. The summed E-state index contributed by atoms with van der Waals surface area (Å²) in [5, 5.41) is 0. The van der Waals surface area contributed by atoms with Gasteiger partial charge in [0.2, 0.25) is 5.78 Å². The van der Waals surface area contributed by atoms with Crippen molar-refractivity contribution in [3.63, 3.8) is 0 Å². The van der Waals surface area contributed by atoms with Gasteiger partial charge in [-0.1, -0.05) is 30.3 Å². The van der Waals surface area contributed by atoms with Crippen LogP contribution in [0.2, 0.25) is 0 Å². The number of nitrogens with zero attached hydrogens (tertiary/aromatic N) is 3. The Balaban J connectivity index is 1.50. The summed E-state index contributed by atoms with van der Waals surface area (Å²) in [6.45, 7) is 2.37. The summed E-state index contributed by atoms with van der Waals surface area (Å²) in [6, 6.07) is 11.2. The number of Topliss-reactive ketones (excluding diaryl/α,β-unsaturated/α-hetero) is 1. The van der Waals surface area contributed by atoms with E-state index >= 15 is 0 Å². The van der Waals surface area contributed by atoms with Crippen LogP contribution in [0.1, 0.15) is 29.0 Å². The number of aryl methyl sites for hydroxylation is 1. The fourth-order valence-electron chi connectivity index (χ4n) is 4.04. The van der Waals surface area contributed by atoms with Crippen LogP contribution in [-0.4, -0.2) is 45.5 Å². The van der Waals surface area contributed by atoms with Crippen molar-refractivity contribution in [1.29, 1.82) is 0 Å². The van der Waals surface area contributed by atoms with Gasteiger partial charge in [0.1, 0.15) is 0 Å². The molecule has 1 aromatic heterocycles. The van der Waals surface area contributed by atoms with E-state index in [1.54, 1.807) is 6.20 Å². The average molecular weight is 325 g/mol. The molecule has 2 fully saturated rings. The average Bonchev–Trinajstić information content (AvgIpc) is 3.01. The van der Waals surface area contributed by atoms with E-state index in [1.807, 2.05) is 23.9 Å². The minimum Gasteiger partial charge on any atom is -0.378 e. The molecule has 2 unspecified atom stereocenters. The highest BCUT2D eigenvalue weighted by molar-refractivity contribution is 5.94. The van der Waals surface area contributed by atoms with Crippen LogP contribution in [0, 0.1) is 5.92 Å². The van der Waals surface area contributed by atoms with E-state index in [0.717, 1.165) is 19.4 Å². The number of ketones is 1. The lowest BCUT2D eigenvalue weighted by Crippen LogP contribution is -2.57. The maximum atomic E-state index is 12.8. The molecule has 0 amide bonds. The highest BCUT2D eigenvalue weighted by Crippen LogP contribution is 2.34. The Morgan fingerprint density at radius 1 is 1.21 bits per heavy atom. The quantitative estimate of drug-likeness (QED) is 0.809. The number of ether oxygens (including phenoxy) is 1. The van der Waals surface area contributed by atoms with Crippen molar-refractivity contribution in [3.8, 4) is 0 Å². The van der Waals surface area contributed by atoms with E-state index in [0.29, 0.717) is 31.1 Å². The van der Waals surface area contributed by atoms with Crippen molar-refractivity contribution in [1.82, 2.24) is 14.5 Å². The van der Waals surface area contributed by atoms with Crippen LogP contribution in [0.15, 0.2) is 42.7 Å². The third-order valence-electron chi connectivity index (χ3n) is 5.29. The number of benzene rings is 1. The summed E-state index contributed by atoms with van der Waals surface area (Å²) < 4.78 is 7.60. The van der Waals surface area contributed by atoms with E-state index in [1.165, 1.54) is 5.56 Å². The number of hydrogen-bond donors (Lipinski definition) is 0. The number of imidazole rings is 1. The minimum absolute atomic E-state index is 0.0528. The first-order valence-electron chi connectivity index (χ1n) is 8.61. The maximum Gasteiger partial charge on any atom is 0.201 e. The van der Waals surface area contributed by atoms with Gasteiger partial charge in [0.15, 0.2) is 5.82 Å². The van der Waals surface area contributed by atoms with Gasteiger partial charge in [-0.15, -0.1) is 0 Å². The van der Waals surface area contributed by atoms with Crippen molar-refractivity contribution < 1.29 is 9.53 Å². The molecule has 5 heteroatoms. The summed E-state index contributed by atoms with van der Waals surface area (Å²) in [5.74, 6) is 0.811. The van der Waals surface area contributed by atoms with E-state index < -0.39 is 0 Å². The summed E-state index contributed by atoms with van der Waals surface area (Å²) >= 11 is 0. The van der Waals surface area contributed by atoms with Gasteiger partial charge in [-0.3, -0.25) is 9.69 Å². The summed E-state index contributed by atoms with van der Waals surface area (Å²) in [7, 11) is 1.88. The van der Waals surface area contributed by atoms with E-state index in [4.69, 9.17) is 4.74 Å². The van der Waals surface area contributed by atoms with Gasteiger partial charge < -0.3 is 9.30 Å². The van der Waals surface area contributed by atoms with Crippen LogP contribution >= 0.6 is 0 Å². The molecule has 0 saturated carbocycles. The highest BCUT2D eigenvalue weighted by Gasteiger charge is 2.42. The number of rotatable bonds is 4. The molecule has 24 heavy (non-hydrogen) atoms. The zero-order chi connectivity index (χ0) is 16.5. The van der Waals surface area contributed by atoms with E-state index in [9.17, 15) is 4.79 Å². The Morgan fingerprint density at radius 2 is 1.92 bits per heavy atom. The van der Waals surface area contributed by atoms with Crippen LogP contribution in [0.25, 0.3) is 0 Å². The van der Waals surface area contributed by atoms with Gasteiger partial charge >= 0.3 is 0 Å². The Labute approximate surface area is 142 Å². The molecule has 2 bridgehead atoms. The molecule has 0 N–H and O–H groups in total. The topological polar surface area (TPSA) is 47.4 Å². The number of morpholine rings is 1. The third-order valence-corrected chi connectivity index (χ3v) is 5.29. The first-order valence-corrected chi connectivity index (χ1v) is 8.61. The number of fused-ring (bicyclic) bond motifs is 2. The number of aromatic nitrogens is 2. The molecular weight excluding hydrogens is 302 g/mol. The monoisotopic (exact) mass is 325 g/mol. The smallest absolute Gasteiger partial charge is 0.201 e. The highest BCUT2D eigenvalue weighted by atomic mass is 16.5. The van der Waals surface area contributed by atoms with Crippen LogP contribution in [-0.2, 0) is 18.3 Å². The number of hydrogen-bond acceptors (Lipinski definition) is 4. The van der Waals surface area contributed by atoms with Gasteiger partial charge in [-0.2, -0.15) is 0 Å². The lowest BCUT2D eigenvalue weighted by molar-refractivity contribution is -0.0873. The van der Waals surface area contributed by atoms with Crippen molar-refractivity contribution in [2.24, 2.45) is 13.0 Å². The molecule has 3 heterocycles. The molecule has 1 aromatic carbocycles. The minimum atomic E-state index is 0.0528. The van der Waals surface area contributed by atoms with Gasteiger partial charge in [0, 0.05) is 44.0 Å². The molecule has 2 aliphatic heterocycles. The molecule has 0 spiro atoms. The van der Waals surface area contributed by atoms with Crippen LogP contribution in [0.5, 0.6) is 0 Å². The molecule has 4 rings (SSSR count). The lowest BCUT2D eigenvalue weighted by Gasteiger charge is -2.48. The number of piperidine rings is 1. The molecule has 2 aromatic rings. The van der Waals surface area contributed by atoms with Crippen molar-refractivity contribution in [2.45, 2.75) is 31.5 Å². The summed E-state index contributed by atoms with van der Waals surface area (Å²) in [5.41, 5.74) is 1.32. The van der Waals surface area contributed by atoms with Crippen molar-refractivity contribution in [3.05, 3.63) is 54.1 Å². The zero-order valence-electron chi connectivity index (χ0n) is 14.0. The van der Waals surface area contributed by atoms with Crippen LogP contribution in [0.3, 0.4) is 0 Å². The molecule has 0 aliphatic carbocycles. The maximum absolute atomic E-state index is 12.8. The fourth-order valence-corrected chi connectivity index (χ4v) is 4.04. The van der Waals surface area contributed by atoms with Crippen LogP contribution < -0.4 is 0 Å². The first kappa shape index (κ1) is 15.5. The molecule has 2 saturated heterocycles. The molecule has 126 valence electrons. The second kappa shape index (κ2) is 6.49. The molecule has 0 radical (unpaired) electrons. The Hall–Kier alpha value is -1.98. The molecular formula is C19H23N3O2. The van der Waals surface area contributed by atoms with E-state index in [-0.39, 0.29) is 11.7 Å². The van der Waals surface area contributed by atoms with Crippen molar-refractivity contribution >= 4 is 5.78 Å². The molecule has 2 atom stereocenters. The van der Waals surface area contributed by atoms with Crippen LogP contribution in [0.4, 0.5) is 0 Å². The number of carbonyl (C=O) groups excluding carboxylic acids is 1. The second-order valence-electron chi connectivity index (χ2n) is 6.90. The Morgan fingerprint density at radius 3 is 2.54 bits per heavy atom. The van der Waals surface area contributed by atoms with E-state index in [2.05, 4.69) is 34.1 Å². The SMILES string of the molecule is Cn1ccnc1C(=O)C1CC2COCC(C1)N2Cc1ccccc1. The predicted octanol–water partition coefficient (Wildman–Crippen LogP) is 2.28. The Kier molecular flexibility index (Phi) is 4.21. The standard InChI is InChI=1S/C19H23N3O2/c1-21-8-7-20-19(21)18(23)15-9-16-12-24-13-17(10-15)22(16)11-14-5-3-2-4-6-14/h2-8,15-17H,9-13H2,1H3. The predicted molar refractivity (Wildman–Crippen MR) is 90.6 cm³/mol. The molecule has 2 aliphatic rings. The van der Waals surface area contributed by atoms with Gasteiger partial charge in [0.25, 0.3) is 0 Å². The fraction of sp³-hybridized carbons (Fsp3) is 0.474. The first-order chi connectivity index (χ1) is 11.7. The zero-order valence-corrected chi connectivity index (χ0v) is 14.0. The van der Waals surface area contributed by atoms with Gasteiger partial charge in [-0.25, -0.2) is 4.98 Å². The largest absolute Gasteiger partial charge is 0.378 e. The Bertz CT molecular complexity index is 698. The third kappa shape index (κ3) is 2.89.